The molecule has 0 N–H and O–H groups in total. The highest BCUT2D eigenvalue weighted by Crippen LogP contribution is 2.37. The maximum atomic E-state index is 6.22. The molecule has 0 amide bonds. The van der Waals surface area contributed by atoms with E-state index in [2.05, 4.69) is 73.7 Å². The van der Waals surface area contributed by atoms with Gasteiger partial charge in [0.15, 0.2) is 0 Å². The standard InChI is InChI=1S/C24H38O2.C14H22O2S/c1-9-11-12-13-15-19(10-2)18-20-21(25-23(3,4)5)16-14-17-22(20)26-24(6,7)8;1-13(2,3)15-10-8-7-9-11(12(10)17)16-14(4,5)6/h10,14,16-18H,2,9,11-13,15H2,1,3-8H3;7-9,17H,1-6H3/b19-18-;. The fourth-order valence-corrected chi connectivity index (χ4v) is 4.25. The lowest BCUT2D eigenvalue weighted by atomic mass is 10.0. The summed E-state index contributed by atoms with van der Waals surface area (Å²) in [5.74, 6) is 3.21. The fraction of sp³-hybridized carbons (Fsp3) is 0.579. The van der Waals surface area contributed by atoms with Crippen molar-refractivity contribution in [2.45, 2.75) is 149 Å². The van der Waals surface area contributed by atoms with Gasteiger partial charge in [0.25, 0.3) is 0 Å². The second-order valence-corrected chi connectivity index (χ2v) is 15.3. The normalized spacial score (nSPS) is 12.7. The predicted molar refractivity (Wildman–Crippen MR) is 189 cm³/mol. The molecule has 0 bridgehead atoms. The summed E-state index contributed by atoms with van der Waals surface area (Å²) in [7, 11) is 0. The van der Waals surface area contributed by atoms with Gasteiger partial charge in [0.2, 0.25) is 0 Å². The van der Waals surface area contributed by atoms with Crippen LogP contribution in [0.1, 0.15) is 128 Å². The van der Waals surface area contributed by atoms with E-state index in [1.807, 2.05) is 84.0 Å². The molecule has 2 aromatic carbocycles. The van der Waals surface area contributed by atoms with Crippen LogP contribution in [0.15, 0.2) is 59.5 Å². The number of benzene rings is 2. The minimum absolute atomic E-state index is 0.238. The summed E-state index contributed by atoms with van der Waals surface area (Å²) in [6, 6.07) is 11.8. The smallest absolute Gasteiger partial charge is 0.137 e. The van der Waals surface area contributed by atoms with Gasteiger partial charge >= 0.3 is 0 Å². The third-order valence-electron chi connectivity index (χ3n) is 5.56. The van der Waals surface area contributed by atoms with Gasteiger partial charge in [-0.05, 0) is 132 Å². The second kappa shape index (κ2) is 16.5. The van der Waals surface area contributed by atoms with E-state index in [1.54, 1.807) is 0 Å². The number of rotatable bonds is 11. The van der Waals surface area contributed by atoms with Crippen LogP contribution in [0.25, 0.3) is 6.08 Å². The number of allylic oxidation sites excluding steroid dienone is 2. The van der Waals surface area contributed by atoms with Crippen molar-refractivity contribution in [3.63, 3.8) is 0 Å². The third kappa shape index (κ3) is 16.8. The highest BCUT2D eigenvalue weighted by molar-refractivity contribution is 7.80. The number of ether oxygens (including phenoxy) is 4. The molecule has 0 radical (unpaired) electrons. The Morgan fingerprint density at radius 1 is 0.628 bits per heavy atom. The molecule has 0 fully saturated rings. The highest BCUT2D eigenvalue weighted by atomic mass is 32.1. The molecule has 0 aliphatic rings. The Bertz CT molecular complexity index is 1100. The van der Waals surface area contributed by atoms with Crippen LogP contribution in [0.2, 0.25) is 0 Å². The number of hydrogen-bond acceptors (Lipinski definition) is 5. The molecule has 5 heteroatoms. The first-order valence-corrected chi connectivity index (χ1v) is 16.1. The van der Waals surface area contributed by atoms with Crippen LogP contribution in [0.3, 0.4) is 0 Å². The van der Waals surface area contributed by atoms with Crippen LogP contribution in [0.5, 0.6) is 23.0 Å². The summed E-state index contributed by atoms with van der Waals surface area (Å²) in [6.45, 7) is 30.7. The molecule has 2 rings (SSSR count). The second-order valence-electron chi connectivity index (χ2n) is 14.9. The van der Waals surface area contributed by atoms with Crippen molar-refractivity contribution in [3.05, 3.63) is 60.2 Å². The molecule has 0 aliphatic carbocycles. The van der Waals surface area contributed by atoms with Gasteiger partial charge in [-0.1, -0.05) is 51.0 Å². The Labute approximate surface area is 269 Å². The van der Waals surface area contributed by atoms with Crippen LogP contribution < -0.4 is 18.9 Å². The van der Waals surface area contributed by atoms with E-state index >= 15 is 0 Å². The van der Waals surface area contributed by atoms with E-state index in [0.29, 0.717) is 0 Å². The van der Waals surface area contributed by atoms with E-state index in [9.17, 15) is 0 Å². The van der Waals surface area contributed by atoms with Crippen molar-refractivity contribution in [2.75, 3.05) is 0 Å². The van der Waals surface area contributed by atoms with Crippen molar-refractivity contribution in [1.29, 1.82) is 0 Å². The van der Waals surface area contributed by atoms with Gasteiger partial charge in [-0.25, -0.2) is 0 Å². The molecular formula is C38H60O4S. The Balaban J connectivity index is 0.000000469. The molecule has 0 saturated heterocycles. The summed E-state index contributed by atoms with van der Waals surface area (Å²) in [5.41, 5.74) is 1.22. The molecule has 4 nitrogen and oxygen atoms in total. The van der Waals surface area contributed by atoms with Crippen LogP contribution in [-0.2, 0) is 0 Å². The number of hydrogen-bond donors (Lipinski definition) is 1. The Kier molecular flexibility index (Phi) is 14.8. The van der Waals surface area contributed by atoms with Crippen LogP contribution in [-0.4, -0.2) is 22.4 Å². The van der Waals surface area contributed by atoms with Gasteiger partial charge < -0.3 is 18.9 Å². The topological polar surface area (TPSA) is 36.9 Å². The Hall–Kier alpha value is -2.53. The lowest BCUT2D eigenvalue weighted by Gasteiger charge is -2.27. The first-order chi connectivity index (χ1) is 19.6. The molecule has 0 unspecified atom stereocenters. The zero-order chi connectivity index (χ0) is 33.1. The van der Waals surface area contributed by atoms with Crippen molar-refractivity contribution >= 4 is 18.7 Å². The SMILES string of the molecule is C=C/C(=C/c1c(OC(C)(C)C)cccc1OC(C)(C)C)CCCCCC.CC(C)(C)Oc1cccc(OC(C)(C)C)c1S. The highest BCUT2D eigenvalue weighted by Gasteiger charge is 2.21. The average molecular weight is 613 g/mol. The molecule has 43 heavy (non-hydrogen) atoms. The van der Waals surface area contributed by atoms with Crippen molar-refractivity contribution < 1.29 is 18.9 Å². The first-order valence-electron chi connectivity index (χ1n) is 15.7. The summed E-state index contributed by atoms with van der Waals surface area (Å²) in [4.78, 5) is 0.748. The lowest BCUT2D eigenvalue weighted by Crippen LogP contribution is -2.25. The van der Waals surface area contributed by atoms with E-state index in [4.69, 9.17) is 18.9 Å². The summed E-state index contributed by atoms with van der Waals surface area (Å²) < 4.78 is 24.1. The van der Waals surface area contributed by atoms with Crippen molar-refractivity contribution in [2.24, 2.45) is 0 Å². The Morgan fingerprint density at radius 2 is 1.00 bits per heavy atom. The van der Waals surface area contributed by atoms with Gasteiger partial charge in [-0.15, -0.1) is 12.6 Å². The van der Waals surface area contributed by atoms with Gasteiger partial charge in [-0.2, -0.15) is 0 Å². The van der Waals surface area contributed by atoms with E-state index in [-0.39, 0.29) is 22.4 Å². The molecule has 0 spiro atoms. The lowest BCUT2D eigenvalue weighted by molar-refractivity contribution is 0.113. The van der Waals surface area contributed by atoms with Crippen molar-refractivity contribution in [1.82, 2.24) is 0 Å². The Morgan fingerprint density at radius 3 is 1.35 bits per heavy atom. The van der Waals surface area contributed by atoms with Gasteiger partial charge in [0, 0.05) is 0 Å². The van der Waals surface area contributed by atoms with E-state index in [1.165, 1.54) is 31.3 Å². The summed E-state index contributed by atoms with van der Waals surface area (Å²) in [5, 5.41) is 0. The van der Waals surface area contributed by atoms with E-state index < -0.39 is 0 Å². The molecule has 0 saturated carbocycles. The van der Waals surface area contributed by atoms with E-state index in [0.717, 1.165) is 39.9 Å². The van der Waals surface area contributed by atoms with Gasteiger partial charge in [-0.3, -0.25) is 0 Å². The molecule has 0 atom stereocenters. The van der Waals surface area contributed by atoms with Crippen LogP contribution in [0.4, 0.5) is 0 Å². The third-order valence-corrected chi connectivity index (χ3v) is 6.00. The number of unbranched alkanes of at least 4 members (excludes halogenated alkanes) is 3. The monoisotopic (exact) mass is 612 g/mol. The molecular weight excluding hydrogens is 552 g/mol. The van der Waals surface area contributed by atoms with Crippen LogP contribution in [0, 0.1) is 0 Å². The first kappa shape index (κ1) is 38.5. The van der Waals surface area contributed by atoms with Crippen LogP contribution >= 0.6 is 12.6 Å². The maximum Gasteiger partial charge on any atom is 0.137 e. The largest absolute Gasteiger partial charge is 0.487 e. The predicted octanol–water partition coefficient (Wildman–Crippen LogP) is 11.9. The maximum absolute atomic E-state index is 6.22. The minimum Gasteiger partial charge on any atom is -0.487 e. The number of thiol groups is 1. The van der Waals surface area contributed by atoms with Crippen molar-refractivity contribution in [3.8, 4) is 23.0 Å². The zero-order valence-corrected chi connectivity index (χ0v) is 30.3. The van der Waals surface area contributed by atoms with Gasteiger partial charge in [0.1, 0.15) is 45.4 Å². The summed E-state index contributed by atoms with van der Waals surface area (Å²) in [6.07, 6.45) is 10.1. The zero-order valence-electron chi connectivity index (χ0n) is 29.4. The molecule has 242 valence electrons. The summed E-state index contributed by atoms with van der Waals surface area (Å²) >= 11 is 4.49. The average Bonchev–Trinajstić information content (AvgIpc) is 2.82. The fourth-order valence-electron chi connectivity index (χ4n) is 4.00. The molecule has 0 aromatic heterocycles. The molecule has 0 aliphatic heterocycles. The molecule has 2 aromatic rings. The minimum atomic E-state index is -0.265. The molecule has 0 heterocycles. The van der Waals surface area contributed by atoms with Gasteiger partial charge in [0.05, 0.1) is 10.5 Å². The quantitative estimate of drug-likeness (QED) is 0.156.